The van der Waals surface area contributed by atoms with E-state index in [4.69, 9.17) is 4.74 Å². The Labute approximate surface area is 108 Å². The zero-order valence-corrected chi connectivity index (χ0v) is 10.9. The molecule has 2 saturated carbocycles. The highest BCUT2D eigenvalue weighted by Crippen LogP contribution is 2.20. The molecule has 0 radical (unpaired) electrons. The monoisotopic (exact) mass is 256 g/mol. The van der Waals surface area contributed by atoms with Crippen molar-refractivity contribution in [3.63, 3.8) is 0 Å². The van der Waals surface area contributed by atoms with Gasteiger partial charge in [-0.3, -0.25) is 4.79 Å². The van der Waals surface area contributed by atoms with Crippen LogP contribution in [0.5, 0.6) is 0 Å². The largest absolute Gasteiger partial charge is 0.389 e. The summed E-state index contributed by atoms with van der Waals surface area (Å²) < 4.78 is 5.61. The molecular formula is C13H24N2O3. The fourth-order valence-corrected chi connectivity index (χ4v) is 2.22. The van der Waals surface area contributed by atoms with Crippen molar-refractivity contribution in [1.82, 2.24) is 10.6 Å². The van der Waals surface area contributed by atoms with Gasteiger partial charge in [0.15, 0.2) is 0 Å². The van der Waals surface area contributed by atoms with E-state index in [0.717, 1.165) is 25.7 Å². The molecule has 0 aromatic carbocycles. The lowest BCUT2D eigenvalue weighted by Gasteiger charge is -2.15. The molecule has 0 aliphatic heterocycles. The Morgan fingerprint density at radius 1 is 1.28 bits per heavy atom. The molecule has 5 nitrogen and oxygen atoms in total. The maximum Gasteiger partial charge on any atom is 0.234 e. The van der Waals surface area contributed by atoms with Crippen LogP contribution in [0.15, 0.2) is 0 Å². The number of aliphatic hydroxyl groups excluding tert-OH is 1. The van der Waals surface area contributed by atoms with Crippen molar-refractivity contribution in [2.75, 3.05) is 19.7 Å². The first-order chi connectivity index (χ1) is 8.74. The number of hydrogen-bond donors (Lipinski definition) is 3. The molecule has 1 amide bonds. The normalized spacial score (nSPS) is 22.1. The minimum absolute atomic E-state index is 0.0152. The molecule has 1 unspecified atom stereocenters. The quantitative estimate of drug-likeness (QED) is 0.579. The van der Waals surface area contributed by atoms with Crippen LogP contribution in [0, 0.1) is 0 Å². The zero-order chi connectivity index (χ0) is 12.8. The highest BCUT2D eigenvalue weighted by atomic mass is 16.5. The Hall–Kier alpha value is -0.650. The molecule has 0 heterocycles. The van der Waals surface area contributed by atoms with Gasteiger partial charge in [-0.2, -0.15) is 0 Å². The Morgan fingerprint density at radius 3 is 2.67 bits per heavy atom. The highest BCUT2D eigenvalue weighted by Gasteiger charge is 2.23. The maximum atomic E-state index is 11.4. The first-order valence-electron chi connectivity index (χ1n) is 7.04. The van der Waals surface area contributed by atoms with Crippen LogP contribution in [0.2, 0.25) is 0 Å². The minimum atomic E-state index is -0.528. The summed E-state index contributed by atoms with van der Waals surface area (Å²) in [5.41, 5.74) is 0. The summed E-state index contributed by atoms with van der Waals surface area (Å²) in [4.78, 5) is 11.4. The molecule has 5 heteroatoms. The van der Waals surface area contributed by atoms with Crippen LogP contribution in [0.25, 0.3) is 0 Å². The standard InChI is InChI=1S/C13H24N2O3/c16-11(9-18-12-3-1-2-4-12)7-14-8-13(17)15-10-5-6-10/h10-12,14,16H,1-9H2,(H,15,17). The molecular weight excluding hydrogens is 232 g/mol. The number of amides is 1. The Morgan fingerprint density at radius 2 is 2.00 bits per heavy atom. The molecule has 2 aliphatic carbocycles. The van der Waals surface area contributed by atoms with Crippen molar-refractivity contribution in [3.05, 3.63) is 0 Å². The number of nitrogens with one attached hydrogen (secondary N) is 2. The van der Waals surface area contributed by atoms with Gasteiger partial charge in [0.25, 0.3) is 0 Å². The smallest absolute Gasteiger partial charge is 0.234 e. The van der Waals surface area contributed by atoms with Crippen molar-refractivity contribution in [3.8, 4) is 0 Å². The molecule has 0 aromatic heterocycles. The number of carbonyl (C=O) groups is 1. The van der Waals surface area contributed by atoms with E-state index in [1.807, 2.05) is 0 Å². The Balaban J connectivity index is 1.45. The van der Waals surface area contributed by atoms with Gasteiger partial charge in [0.1, 0.15) is 0 Å². The average Bonchev–Trinajstić information content (AvgIpc) is 2.99. The van der Waals surface area contributed by atoms with Crippen LogP contribution >= 0.6 is 0 Å². The summed E-state index contributed by atoms with van der Waals surface area (Å²) >= 11 is 0. The first-order valence-corrected chi connectivity index (χ1v) is 7.04. The van der Waals surface area contributed by atoms with E-state index in [2.05, 4.69) is 10.6 Å². The first kappa shape index (κ1) is 13.8. The summed E-state index contributed by atoms with van der Waals surface area (Å²) in [5.74, 6) is 0.0152. The topological polar surface area (TPSA) is 70.6 Å². The highest BCUT2D eigenvalue weighted by molar-refractivity contribution is 5.78. The molecule has 3 N–H and O–H groups in total. The predicted molar refractivity (Wildman–Crippen MR) is 68.2 cm³/mol. The van der Waals surface area contributed by atoms with Gasteiger partial charge in [0.05, 0.1) is 25.4 Å². The fraction of sp³-hybridized carbons (Fsp3) is 0.923. The Kier molecular flexibility index (Phi) is 5.41. The van der Waals surface area contributed by atoms with Crippen LogP contribution in [-0.2, 0) is 9.53 Å². The van der Waals surface area contributed by atoms with Gasteiger partial charge < -0.3 is 20.5 Å². The van der Waals surface area contributed by atoms with Crippen molar-refractivity contribution < 1.29 is 14.6 Å². The van der Waals surface area contributed by atoms with Crippen LogP contribution in [0.1, 0.15) is 38.5 Å². The Bertz CT molecular complexity index is 263. The molecule has 18 heavy (non-hydrogen) atoms. The van der Waals surface area contributed by atoms with Gasteiger partial charge in [0, 0.05) is 12.6 Å². The summed E-state index contributed by atoms with van der Waals surface area (Å²) in [6, 6.07) is 0.398. The number of aliphatic hydroxyl groups is 1. The van der Waals surface area contributed by atoms with E-state index in [9.17, 15) is 9.90 Å². The van der Waals surface area contributed by atoms with Crippen LogP contribution in [0.3, 0.4) is 0 Å². The van der Waals surface area contributed by atoms with Crippen LogP contribution < -0.4 is 10.6 Å². The van der Waals surface area contributed by atoms with Gasteiger partial charge in [-0.1, -0.05) is 12.8 Å². The van der Waals surface area contributed by atoms with Crippen molar-refractivity contribution in [1.29, 1.82) is 0 Å². The van der Waals surface area contributed by atoms with Crippen LogP contribution in [-0.4, -0.2) is 49.0 Å². The minimum Gasteiger partial charge on any atom is -0.389 e. The van der Waals surface area contributed by atoms with Crippen molar-refractivity contribution in [2.24, 2.45) is 0 Å². The summed E-state index contributed by atoms with van der Waals surface area (Å²) in [6.45, 7) is 1.05. The van der Waals surface area contributed by atoms with E-state index in [0.29, 0.717) is 25.3 Å². The van der Waals surface area contributed by atoms with Gasteiger partial charge in [-0.25, -0.2) is 0 Å². The third kappa shape index (κ3) is 5.33. The molecule has 104 valence electrons. The van der Waals surface area contributed by atoms with Gasteiger partial charge in [-0.15, -0.1) is 0 Å². The second kappa shape index (κ2) is 7.07. The predicted octanol–water partition coefficient (Wildman–Crippen LogP) is 0.175. The lowest BCUT2D eigenvalue weighted by atomic mass is 10.3. The zero-order valence-electron chi connectivity index (χ0n) is 10.9. The van der Waals surface area contributed by atoms with Gasteiger partial charge >= 0.3 is 0 Å². The third-order valence-corrected chi connectivity index (χ3v) is 3.43. The van der Waals surface area contributed by atoms with Gasteiger partial charge in [0.2, 0.25) is 5.91 Å². The van der Waals surface area contributed by atoms with Gasteiger partial charge in [-0.05, 0) is 25.7 Å². The number of rotatable bonds is 8. The number of carbonyl (C=O) groups excluding carboxylic acids is 1. The van der Waals surface area contributed by atoms with E-state index >= 15 is 0 Å². The molecule has 2 aliphatic rings. The molecule has 2 fully saturated rings. The van der Waals surface area contributed by atoms with E-state index < -0.39 is 6.10 Å². The molecule has 1 atom stereocenters. The number of hydrogen-bond acceptors (Lipinski definition) is 4. The summed E-state index contributed by atoms with van der Waals surface area (Å²) in [5, 5.41) is 15.5. The maximum absolute atomic E-state index is 11.4. The molecule has 0 saturated heterocycles. The second-order valence-corrected chi connectivity index (χ2v) is 5.37. The third-order valence-electron chi connectivity index (χ3n) is 3.43. The van der Waals surface area contributed by atoms with E-state index in [1.165, 1.54) is 12.8 Å². The summed E-state index contributed by atoms with van der Waals surface area (Å²) in [7, 11) is 0. The molecule has 0 spiro atoms. The fourth-order valence-electron chi connectivity index (χ4n) is 2.22. The summed E-state index contributed by atoms with van der Waals surface area (Å²) in [6.07, 6.45) is 6.71. The number of ether oxygens (including phenoxy) is 1. The SMILES string of the molecule is O=C(CNCC(O)COC1CCCC1)NC1CC1. The molecule has 0 bridgehead atoms. The van der Waals surface area contributed by atoms with E-state index in [-0.39, 0.29) is 12.5 Å². The molecule has 0 aromatic rings. The second-order valence-electron chi connectivity index (χ2n) is 5.37. The lowest BCUT2D eigenvalue weighted by molar-refractivity contribution is -0.120. The average molecular weight is 256 g/mol. The van der Waals surface area contributed by atoms with Crippen molar-refractivity contribution >= 4 is 5.91 Å². The van der Waals surface area contributed by atoms with Crippen LogP contribution in [0.4, 0.5) is 0 Å². The lowest BCUT2D eigenvalue weighted by Crippen LogP contribution is -2.39. The molecule has 2 rings (SSSR count). The van der Waals surface area contributed by atoms with E-state index in [1.54, 1.807) is 0 Å². The van der Waals surface area contributed by atoms with Crippen molar-refractivity contribution in [2.45, 2.75) is 56.8 Å².